The van der Waals surface area contributed by atoms with Gasteiger partial charge in [-0.15, -0.1) is 13.2 Å². The van der Waals surface area contributed by atoms with E-state index < -0.39 is 0 Å². The normalized spacial score (nSPS) is 5.33. The highest BCUT2D eigenvalue weighted by molar-refractivity contribution is 4.79. The number of allylic oxidation sites excluding steroid dienone is 2. The average Bonchev–Trinajstić information content (AvgIpc) is 1.93. The van der Waals surface area contributed by atoms with Gasteiger partial charge in [0.15, 0.2) is 0 Å². The van der Waals surface area contributed by atoms with Crippen LogP contribution >= 0.6 is 0 Å². The molecular formula is C12H28. The van der Waals surface area contributed by atoms with Gasteiger partial charge >= 0.3 is 0 Å². The summed E-state index contributed by atoms with van der Waals surface area (Å²) in [5.41, 5.74) is 2.33. The van der Waals surface area contributed by atoms with E-state index in [1.165, 1.54) is 11.1 Å². The molecule has 0 amide bonds. The first kappa shape index (κ1) is 22.5. The van der Waals surface area contributed by atoms with Crippen molar-refractivity contribution in [2.75, 3.05) is 0 Å². The Labute approximate surface area is 80.4 Å². The zero-order valence-electron chi connectivity index (χ0n) is 10.4. The topological polar surface area (TPSA) is 0 Å². The van der Waals surface area contributed by atoms with E-state index in [1.54, 1.807) is 0 Å². The second kappa shape index (κ2) is 31.4. The fourth-order valence-corrected chi connectivity index (χ4v) is 0. The van der Waals surface area contributed by atoms with Gasteiger partial charge in [-0.25, -0.2) is 0 Å². The molecule has 0 spiro atoms. The van der Waals surface area contributed by atoms with Crippen LogP contribution in [0.1, 0.15) is 55.4 Å². The Balaban J connectivity index is -0.0000000380. The molecule has 0 aliphatic carbocycles. The standard InChI is InChI=1S/2C4H8.2C2H6/c2*1-4(2)3;2*1-2/h2*1H2,2-3H3;2*1-2H3. The van der Waals surface area contributed by atoms with Crippen LogP contribution in [0, 0.1) is 0 Å². The van der Waals surface area contributed by atoms with Gasteiger partial charge in [-0.05, 0) is 27.7 Å². The lowest BCUT2D eigenvalue weighted by molar-refractivity contribution is 1.42. The van der Waals surface area contributed by atoms with Gasteiger partial charge in [-0.2, -0.15) is 0 Å². The molecule has 76 valence electrons. The molecule has 0 saturated heterocycles. The molecule has 0 bridgehead atoms. The molecule has 0 fully saturated rings. The second-order valence-corrected chi connectivity index (χ2v) is 2.41. The molecule has 0 unspecified atom stereocenters. The quantitative estimate of drug-likeness (QED) is 0.440. The summed E-state index contributed by atoms with van der Waals surface area (Å²) in [7, 11) is 0. The average molecular weight is 172 g/mol. The van der Waals surface area contributed by atoms with Gasteiger partial charge in [0.2, 0.25) is 0 Å². The molecule has 0 heterocycles. The van der Waals surface area contributed by atoms with Crippen LogP contribution < -0.4 is 0 Å². The molecule has 0 N–H and O–H groups in total. The highest BCUT2D eigenvalue weighted by atomic mass is 13.6. The Bertz CT molecular complexity index is 58.0. The number of hydrogen-bond donors (Lipinski definition) is 0. The first-order valence-electron chi connectivity index (χ1n) is 4.71. The molecule has 0 saturated carbocycles. The van der Waals surface area contributed by atoms with Crippen molar-refractivity contribution in [2.45, 2.75) is 55.4 Å². The fourth-order valence-electron chi connectivity index (χ4n) is 0. The highest BCUT2D eigenvalue weighted by Crippen LogP contribution is 1.74. The molecule has 0 atom stereocenters. The third kappa shape index (κ3) is 2520. The Morgan fingerprint density at radius 2 is 0.583 bits per heavy atom. The van der Waals surface area contributed by atoms with Crippen LogP contribution in [-0.4, -0.2) is 0 Å². The summed E-state index contributed by atoms with van der Waals surface area (Å²) < 4.78 is 0. The minimum Gasteiger partial charge on any atom is -0.100 e. The van der Waals surface area contributed by atoms with Crippen LogP contribution in [0.5, 0.6) is 0 Å². The van der Waals surface area contributed by atoms with Gasteiger partial charge in [-0.1, -0.05) is 38.8 Å². The zero-order chi connectivity index (χ0) is 11.2. The van der Waals surface area contributed by atoms with Gasteiger partial charge in [0, 0.05) is 0 Å². The highest BCUT2D eigenvalue weighted by Gasteiger charge is 1.52. The summed E-state index contributed by atoms with van der Waals surface area (Å²) >= 11 is 0. The third-order valence-electron chi connectivity index (χ3n) is 0. The largest absolute Gasteiger partial charge is 0.100 e. The van der Waals surface area contributed by atoms with E-state index in [9.17, 15) is 0 Å². The Kier molecular flexibility index (Phi) is 58.9. The van der Waals surface area contributed by atoms with Gasteiger partial charge in [-0.3, -0.25) is 0 Å². The Hall–Kier alpha value is -0.520. The molecule has 0 nitrogen and oxygen atoms in total. The lowest BCUT2D eigenvalue weighted by atomic mass is 10.4. The van der Waals surface area contributed by atoms with Gasteiger partial charge in [0.05, 0.1) is 0 Å². The molecule has 0 aliphatic heterocycles. The van der Waals surface area contributed by atoms with Crippen molar-refractivity contribution >= 4 is 0 Å². The fraction of sp³-hybridized carbons (Fsp3) is 0.667. The lowest BCUT2D eigenvalue weighted by Crippen LogP contribution is -1.43. The Morgan fingerprint density at radius 3 is 0.583 bits per heavy atom. The van der Waals surface area contributed by atoms with E-state index in [4.69, 9.17) is 0 Å². The van der Waals surface area contributed by atoms with Crippen LogP contribution in [0.4, 0.5) is 0 Å². The molecule has 0 aromatic heterocycles. The summed E-state index contributed by atoms with van der Waals surface area (Å²) in [6.07, 6.45) is 0. The van der Waals surface area contributed by atoms with Gasteiger partial charge in [0.1, 0.15) is 0 Å². The molecule has 0 aliphatic rings. The van der Waals surface area contributed by atoms with E-state index in [-0.39, 0.29) is 0 Å². The van der Waals surface area contributed by atoms with E-state index in [2.05, 4.69) is 13.2 Å². The van der Waals surface area contributed by atoms with Crippen molar-refractivity contribution < 1.29 is 0 Å². The summed E-state index contributed by atoms with van der Waals surface area (Å²) in [4.78, 5) is 0. The first-order chi connectivity index (χ1) is 5.46. The van der Waals surface area contributed by atoms with Crippen LogP contribution in [0.15, 0.2) is 24.3 Å². The molecule has 0 rings (SSSR count). The molecule has 0 aromatic rings. The van der Waals surface area contributed by atoms with Crippen LogP contribution in [-0.2, 0) is 0 Å². The molecular weight excluding hydrogens is 144 g/mol. The summed E-state index contributed by atoms with van der Waals surface area (Å²) in [5.74, 6) is 0. The van der Waals surface area contributed by atoms with Crippen molar-refractivity contribution in [2.24, 2.45) is 0 Å². The maximum Gasteiger partial charge on any atom is -0.0445 e. The molecule has 12 heavy (non-hydrogen) atoms. The van der Waals surface area contributed by atoms with Crippen LogP contribution in [0.2, 0.25) is 0 Å². The van der Waals surface area contributed by atoms with Crippen molar-refractivity contribution in [1.29, 1.82) is 0 Å². The van der Waals surface area contributed by atoms with Crippen LogP contribution in [0.25, 0.3) is 0 Å². The molecule has 0 heteroatoms. The van der Waals surface area contributed by atoms with Crippen molar-refractivity contribution in [1.82, 2.24) is 0 Å². The van der Waals surface area contributed by atoms with Crippen molar-refractivity contribution in [3.05, 3.63) is 24.3 Å². The first-order valence-corrected chi connectivity index (χ1v) is 4.71. The van der Waals surface area contributed by atoms with Crippen molar-refractivity contribution in [3.63, 3.8) is 0 Å². The van der Waals surface area contributed by atoms with E-state index in [0.29, 0.717) is 0 Å². The maximum atomic E-state index is 3.56. The van der Waals surface area contributed by atoms with E-state index >= 15 is 0 Å². The third-order valence-corrected chi connectivity index (χ3v) is 0. The van der Waals surface area contributed by atoms with Gasteiger partial charge in [0.25, 0.3) is 0 Å². The minimum absolute atomic E-state index is 1.17. The zero-order valence-corrected chi connectivity index (χ0v) is 10.4. The lowest BCUT2D eigenvalue weighted by Gasteiger charge is -1.65. The monoisotopic (exact) mass is 172 g/mol. The number of rotatable bonds is 0. The summed E-state index contributed by atoms with van der Waals surface area (Å²) in [5, 5.41) is 0. The van der Waals surface area contributed by atoms with E-state index in [0.717, 1.165) is 0 Å². The second-order valence-electron chi connectivity index (χ2n) is 2.41. The Morgan fingerprint density at radius 1 is 0.583 bits per heavy atom. The molecule has 0 aromatic carbocycles. The smallest absolute Gasteiger partial charge is 0.0445 e. The van der Waals surface area contributed by atoms with Crippen LogP contribution in [0.3, 0.4) is 0 Å². The summed E-state index contributed by atoms with van der Waals surface area (Å²) in [6.45, 7) is 23.0. The predicted octanol–water partition coefficient (Wildman–Crippen LogP) is 5.22. The maximum absolute atomic E-state index is 3.56. The molecule has 0 radical (unpaired) electrons. The van der Waals surface area contributed by atoms with Crippen molar-refractivity contribution in [3.8, 4) is 0 Å². The van der Waals surface area contributed by atoms with Gasteiger partial charge < -0.3 is 0 Å². The minimum atomic E-state index is 1.17. The SMILES string of the molecule is C=C(C)C.C=C(C)C.CC.CC. The predicted molar refractivity (Wildman–Crippen MR) is 63.7 cm³/mol. The summed E-state index contributed by atoms with van der Waals surface area (Å²) in [6, 6.07) is 0. The van der Waals surface area contributed by atoms with E-state index in [1.807, 2.05) is 55.4 Å². The number of hydrogen-bond acceptors (Lipinski definition) is 0.